The Balaban J connectivity index is 4.10. The Morgan fingerprint density at radius 1 is 0.547 bits per heavy atom. The number of phosphoric acid groups is 1. The summed E-state index contributed by atoms with van der Waals surface area (Å²) in [7, 11) is -4.37. The van der Waals surface area contributed by atoms with E-state index in [0.29, 0.717) is 6.42 Å². The van der Waals surface area contributed by atoms with Gasteiger partial charge in [0.1, 0.15) is 6.61 Å². The average Bonchev–Trinajstić information content (AvgIpc) is 3.14. The van der Waals surface area contributed by atoms with E-state index in [2.05, 4.69) is 26.0 Å². The van der Waals surface area contributed by atoms with Crippen LogP contribution in [0.1, 0.15) is 219 Å². The number of nitrogens with two attached hydrogens (primary N) is 1. The zero-order valence-corrected chi connectivity index (χ0v) is 35.4. The number of hydrogen-bond donors (Lipinski definition) is 2. The predicted octanol–water partition coefficient (Wildman–Crippen LogP) is 12.6. The fourth-order valence-electron chi connectivity index (χ4n) is 6.32. The molecule has 3 N–H and O–H groups in total. The van der Waals surface area contributed by atoms with Gasteiger partial charge in [-0.15, -0.1) is 0 Å². The normalized spacial score (nSPS) is 13.4. The molecule has 0 bridgehead atoms. The molecule has 10 heteroatoms. The van der Waals surface area contributed by atoms with Gasteiger partial charge in [-0.2, -0.15) is 0 Å². The van der Waals surface area contributed by atoms with Gasteiger partial charge >= 0.3 is 19.8 Å². The third-order valence-electron chi connectivity index (χ3n) is 9.65. The van der Waals surface area contributed by atoms with Gasteiger partial charge < -0.3 is 20.1 Å². The highest BCUT2D eigenvalue weighted by Crippen LogP contribution is 2.43. The number of hydrogen-bond acceptors (Lipinski definition) is 8. The van der Waals surface area contributed by atoms with Crippen LogP contribution in [0.5, 0.6) is 0 Å². The molecule has 9 nitrogen and oxygen atoms in total. The minimum Gasteiger partial charge on any atom is -0.462 e. The number of ether oxygens (including phenoxy) is 2. The lowest BCUT2D eigenvalue weighted by Gasteiger charge is -2.19. The number of allylic oxidation sites excluding steroid dienone is 2. The number of carbonyl (C=O) groups is 2. The van der Waals surface area contributed by atoms with Gasteiger partial charge in [0.25, 0.3) is 0 Å². The van der Waals surface area contributed by atoms with E-state index in [1.54, 1.807) is 0 Å². The van der Waals surface area contributed by atoms with Crippen molar-refractivity contribution in [2.75, 3.05) is 26.4 Å². The van der Waals surface area contributed by atoms with E-state index in [-0.39, 0.29) is 38.6 Å². The summed E-state index contributed by atoms with van der Waals surface area (Å²) in [4.78, 5) is 34.9. The summed E-state index contributed by atoms with van der Waals surface area (Å²) in [5.41, 5.74) is 5.35. The largest absolute Gasteiger partial charge is 0.472 e. The van der Waals surface area contributed by atoms with Crippen LogP contribution in [0, 0.1) is 0 Å². The highest BCUT2D eigenvalue weighted by Gasteiger charge is 2.26. The monoisotopic (exact) mass is 774 g/mol. The maximum Gasteiger partial charge on any atom is 0.472 e. The van der Waals surface area contributed by atoms with E-state index in [1.165, 1.54) is 154 Å². The number of carbonyl (C=O) groups excluding carboxylic acids is 2. The van der Waals surface area contributed by atoms with Gasteiger partial charge in [-0.05, 0) is 32.1 Å². The second-order valence-corrected chi connectivity index (χ2v) is 16.4. The molecule has 0 aliphatic carbocycles. The van der Waals surface area contributed by atoms with Crippen LogP contribution in [0.25, 0.3) is 0 Å². The van der Waals surface area contributed by atoms with Gasteiger partial charge in [-0.3, -0.25) is 18.6 Å². The van der Waals surface area contributed by atoms with Crippen LogP contribution >= 0.6 is 7.82 Å². The number of rotatable bonds is 42. The van der Waals surface area contributed by atoms with Crippen molar-refractivity contribution in [2.24, 2.45) is 5.73 Å². The minimum atomic E-state index is -4.37. The van der Waals surface area contributed by atoms with Crippen molar-refractivity contribution in [3.05, 3.63) is 12.2 Å². The van der Waals surface area contributed by atoms with Crippen LogP contribution in [-0.4, -0.2) is 49.3 Å². The van der Waals surface area contributed by atoms with E-state index < -0.39 is 26.5 Å². The molecule has 0 spiro atoms. The van der Waals surface area contributed by atoms with Crippen LogP contribution < -0.4 is 5.73 Å². The molecule has 0 fully saturated rings. The van der Waals surface area contributed by atoms with Crippen molar-refractivity contribution >= 4 is 19.8 Å². The second-order valence-electron chi connectivity index (χ2n) is 14.9. The molecule has 0 amide bonds. The Morgan fingerprint density at radius 2 is 0.943 bits per heavy atom. The standard InChI is InChI=1S/C43H84NO8P/c1-3-5-7-9-11-13-15-17-19-20-22-24-26-28-30-32-34-36-43(46)52-41(40-51-53(47,48)50-38-37-44)39-49-42(45)35-33-31-29-27-25-23-21-18-16-14-12-10-8-6-4-2/h10,12,41H,3-9,11,13-40,44H2,1-2H3,(H,47,48)/b12-10+/t41-/m1/s1. The SMILES string of the molecule is CCCC/C=C/CCCCCCCCCCCC(=O)OC[C@H](COP(=O)(O)OCCN)OC(=O)CCCCCCCCCCCCCCCCCCC. The summed E-state index contributed by atoms with van der Waals surface area (Å²) in [5, 5.41) is 0. The lowest BCUT2D eigenvalue weighted by atomic mass is 10.0. The molecule has 0 aromatic carbocycles. The summed E-state index contributed by atoms with van der Waals surface area (Å²) in [6.07, 6.45) is 40.9. The smallest absolute Gasteiger partial charge is 0.462 e. The summed E-state index contributed by atoms with van der Waals surface area (Å²) in [6, 6.07) is 0. The molecule has 1 unspecified atom stereocenters. The van der Waals surface area contributed by atoms with Gasteiger partial charge in [0.05, 0.1) is 13.2 Å². The molecule has 0 rings (SSSR count). The number of unbranched alkanes of at least 4 members (excludes halogenated alkanes) is 27. The molecule has 0 aromatic heterocycles. The topological polar surface area (TPSA) is 134 Å². The van der Waals surface area contributed by atoms with Crippen LogP contribution in [0.15, 0.2) is 12.2 Å². The maximum atomic E-state index is 12.6. The minimum absolute atomic E-state index is 0.0562. The lowest BCUT2D eigenvalue weighted by Crippen LogP contribution is -2.29. The van der Waals surface area contributed by atoms with Crippen LogP contribution in [0.4, 0.5) is 0 Å². The summed E-state index contributed by atoms with van der Waals surface area (Å²) in [5.74, 6) is -0.819. The first kappa shape index (κ1) is 51.8. The molecular formula is C43H84NO8P. The summed E-state index contributed by atoms with van der Waals surface area (Å²) in [6.45, 7) is 3.73. The van der Waals surface area contributed by atoms with Gasteiger partial charge in [-0.1, -0.05) is 187 Å². The van der Waals surface area contributed by atoms with Crippen molar-refractivity contribution < 1.29 is 37.6 Å². The number of esters is 2. The lowest BCUT2D eigenvalue weighted by molar-refractivity contribution is -0.161. The van der Waals surface area contributed by atoms with Crippen molar-refractivity contribution in [3.63, 3.8) is 0 Å². The van der Waals surface area contributed by atoms with Crippen molar-refractivity contribution in [1.82, 2.24) is 0 Å². The summed E-state index contributed by atoms with van der Waals surface area (Å²) < 4.78 is 32.8. The van der Waals surface area contributed by atoms with E-state index in [0.717, 1.165) is 32.1 Å². The molecule has 0 heterocycles. The first-order chi connectivity index (χ1) is 25.8. The Labute approximate surface area is 326 Å². The quantitative estimate of drug-likeness (QED) is 0.0269. The second kappa shape index (κ2) is 40.4. The molecule has 0 aliphatic rings. The first-order valence-electron chi connectivity index (χ1n) is 22.2. The van der Waals surface area contributed by atoms with Gasteiger partial charge in [0.2, 0.25) is 0 Å². The molecule has 0 saturated carbocycles. The Bertz CT molecular complexity index is 886. The van der Waals surface area contributed by atoms with Gasteiger partial charge in [-0.25, -0.2) is 4.57 Å². The predicted molar refractivity (Wildman–Crippen MR) is 220 cm³/mol. The third-order valence-corrected chi connectivity index (χ3v) is 10.6. The molecule has 53 heavy (non-hydrogen) atoms. The Kier molecular flexibility index (Phi) is 39.5. The van der Waals surface area contributed by atoms with Crippen molar-refractivity contribution in [3.8, 4) is 0 Å². The zero-order valence-electron chi connectivity index (χ0n) is 34.5. The fraction of sp³-hybridized carbons (Fsp3) is 0.907. The number of phosphoric ester groups is 1. The summed E-state index contributed by atoms with van der Waals surface area (Å²) >= 11 is 0. The highest BCUT2D eigenvalue weighted by atomic mass is 31.2. The maximum absolute atomic E-state index is 12.6. The Morgan fingerprint density at radius 3 is 1.40 bits per heavy atom. The molecule has 2 atom stereocenters. The highest BCUT2D eigenvalue weighted by molar-refractivity contribution is 7.47. The molecule has 0 aromatic rings. The van der Waals surface area contributed by atoms with Crippen LogP contribution in [0.2, 0.25) is 0 Å². The van der Waals surface area contributed by atoms with Crippen molar-refractivity contribution in [1.29, 1.82) is 0 Å². The fourth-order valence-corrected chi connectivity index (χ4v) is 7.09. The zero-order chi connectivity index (χ0) is 38.9. The van der Waals surface area contributed by atoms with Crippen molar-refractivity contribution in [2.45, 2.75) is 225 Å². The Hall–Kier alpha value is -1.25. The van der Waals surface area contributed by atoms with Crippen LogP contribution in [0.3, 0.4) is 0 Å². The van der Waals surface area contributed by atoms with E-state index >= 15 is 0 Å². The van der Waals surface area contributed by atoms with Gasteiger partial charge in [0, 0.05) is 19.4 Å². The molecule has 0 radical (unpaired) electrons. The van der Waals surface area contributed by atoms with Crippen LogP contribution in [-0.2, 0) is 32.7 Å². The third kappa shape index (κ3) is 40.2. The molecular weight excluding hydrogens is 689 g/mol. The van der Waals surface area contributed by atoms with Gasteiger partial charge in [0.15, 0.2) is 6.10 Å². The van der Waals surface area contributed by atoms with E-state index in [4.69, 9.17) is 24.3 Å². The average molecular weight is 774 g/mol. The molecule has 314 valence electrons. The first-order valence-corrected chi connectivity index (χ1v) is 23.7. The molecule has 0 aliphatic heterocycles. The van der Waals surface area contributed by atoms with E-state index in [9.17, 15) is 19.0 Å². The van der Waals surface area contributed by atoms with E-state index in [1.807, 2.05) is 0 Å². The molecule has 0 saturated heterocycles.